The Morgan fingerprint density at radius 2 is 2.33 bits per heavy atom. The molecule has 1 amide bonds. The molecule has 2 heterocycles. The van der Waals surface area contributed by atoms with Crippen LogP contribution in [0, 0.1) is 0 Å². The van der Waals surface area contributed by atoms with Gasteiger partial charge in [0.25, 0.3) is 0 Å². The fourth-order valence-corrected chi connectivity index (χ4v) is 3.19. The summed E-state index contributed by atoms with van der Waals surface area (Å²) in [6.07, 6.45) is 2.77. The monoisotopic (exact) mass is 350 g/mol. The third-order valence-electron chi connectivity index (χ3n) is 3.98. The quantitative estimate of drug-likeness (QED) is 0.890. The van der Waals surface area contributed by atoms with E-state index in [1.165, 1.54) is 5.57 Å². The van der Waals surface area contributed by atoms with Crippen LogP contribution < -0.4 is 10.1 Å². The van der Waals surface area contributed by atoms with Crippen molar-refractivity contribution >= 4 is 27.9 Å². The van der Waals surface area contributed by atoms with Gasteiger partial charge in [0, 0.05) is 42.1 Å². The molecule has 0 radical (unpaired) electrons. The molecule has 0 spiro atoms. The maximum atomic E-state index is 11.6. The Morgan fingerprint density at radius 1 is 1.48 bits per heavy atom. The molecule has 0 bridgehead atoms. The van der Waals surface area contributed by atoms with Gasteiger partial charge < -0.3 is 10.1 Å². The summed E-state index contributed by atoms with van der Waals surface area (Å²) in [4.78, 5) is 13.9. The van der Waals surface area contributed by atoms with Crippen LogP contribution in [0.4, 0.5) is 0 Å². The first-order valence-electron chi connectivity index (χ1n) is 7.24. The highest BCUT2D eigenvalue weighted by Crippen LogP contribution is 2.29. The highest BCUT2D eigenvalue weighted by molar-refractivity contribution is 9.10. The highest BCUT2D eigenvalue weighted by atomic mass is 79.9. The van der Waals surface area contributed by atoms with Crippen LogP contribution in [0.15, 0.2) is 28.2 Å². The van der Waals surface area contributed by atoms with Gasteiger partial charge in [-0.1, -0.05) is 15.9 Å². The van der Waals surface area contributed by atoms with E-state index < -0.39 is 0 Å². The summed E-state index contributed by atoms with van der Waals surface area (Å²) in [6.45, 7) is 5.19. The molecule has 1 aromatic carbocycles. The second-order valence-electron chi connectivity index (χ2n) is 5.65. The first kappa shape index (κ1) is 14.6. The molecule has 21 heavy (non-hydrogen) atoms. The lowest BCUT2D eigenvalue weighted by Crippen LogP contribution is -2.37. The van der Waals surface area contributed by atoms with Gasteiger partial charge in [-0.15, -0.1) is 0 Å². The number of nitrogens with zero attached hydrogens (tertiary/aromatic N) is 1. The van der Waals surface area contributed by atoms with Gasteiger partial charge in [-0.25, -0.2) is 0 Å². The summed E-state index contributed by atoms with van der Waals surface area (Å²) in [7, 11) is 0. The number of halogens is 1. The van der Waals surface area contributed by atoms with Gasteiger partial charge in [0.1, 0.15) is 12.4 Å². The van der Waals surface area contributed by atoms with Gasteiger partial charge in [0.2, 0.25) is 5.91 Å². The van der Waals surface area contributed by atoms with Crippen molar-refractivity contribution in [2.75, 3.05) is 26.2 Å². The third-order valence-corrected chi connectivity index (χ3v) is 4.47. The molecule has 112 valence electrons. The lowest BCUT2D eigenvalue weighted by atomic mass is 10.1. The summed E-state index contributed by atoms with van der Waals surface area (Å²) < 4.78 is 6.88. The number of carbonyl (C=O) groups is 1. The molecular formula is C16H19BrN2O2. The molecule has 1 fully saturated rings. The van der Waals surface area contributed by atoms with E-state index in [1.807, 2.05) is 12.1 Å². The molecule has 0 aliphatic carbocycles. The maximum Gasteiger partial charge on any atom is 0.221 e. The van der Waals surface area contributed by atoms with E-state index in [2.05, 4.69) is 45.2 Å². The van der Waals surface area contributed by atoms with Crippen LogP contribution in [0.3, 0.4) is 0 Å². The number of carbonyl (C=O) groups excluding carboxylic acids is 1. The fraction of sp³-hybridized carbons (Fsp3) is 0.438. The summed E-state index contributed by atoms with van der Waals surface area (Å²) in [5, 5.41) is 2.93. The average Bonchev–Trinajstić information content (AvgIpc) is 2.60. The molecular weight excluding hydrogens is 332 g/mol. The number of amides is 1. The topological polar surface area (TPSA) is 41.6 Å². The first-order chi connectivity index (χ1) is 10.1. The van der Waals surface area contributed by atoms with Crippen molar-refractivity contribution in [3.63, 3.8) is 0 Å². The molecule has 1 N–H and O–H groups in total. The molecule has 5 heteroatoms. The summed E-state index contributed by atoms with van der Waals surface area (Å²) in [6, 6.07) is 6.32. The Hall–Kier alpha value is -1.33. The average molecular weight is 351 g/mol. The van der Waals surface area contributed by atoms with Gasteiger partial charge in [0.05, 0.1) is 0 Å². The van der Waals surface area contributed by atoms with E-state index in [1.54, 1.807) is 0 Å². The Bertz CT molecular complexity index is 586. The minimum absolute atomic E-state index is 0.146. The van der Waals surface area contributed by atoms with E-state index in [0.717, 1.165) is 35.4 Å². The van der Waals surface area contributed by atoms with Crippen molar-refractivity contribution in [1.29, 1.82) is 0 Å². The van der Waals surface area contributed by atoms with Crippen LogP contribution in [0.25, 0.3) is 6.08 Å². The number of benzene rings is 1. The largest absolute Gasteiger partial charge is 0.489 e. The number of fused-ring (bicyclic) bond motifs is 1. The summed E-state index contributed by atoms with van der Waals surface area (Å²) >= 11 is 3.49. The van der Waals surface area contributed by atoms with Crippen molar-refractivity contribution in [3.05, 3.63) is 33.8 Å². The molecule has 4 nitrogen and oxygen atoms in total. The Labute approximate surface area is 133 Å². The number of rotatable bonds is 2. The second-order valence-corrected chi connectivity index (χ2v) is 6.56. The summed E-state index contributed by atoms with van der Waals surface area (Å²) in [5.41, 5.74) is 2.36. The van der Waals surface area contributed by atoms with Gasteiger partial charge in [-0.2, -0.15) is 0 Å². The predicted octanol–water partition coefficient (Wildman–Crippen LogP) is 2.44. The van der Waals surface area contributed by atoms with E-state index in [0.29, 0.717) is 13.0 Å². The molecule has 2 aliphatic rings. The Balaban J connectivity index is 1.74. The van der Waals surface area contributed by atoms with E-state index in [-0.39, 0.29) is 11.9 Å². The minimum Gasteiger partial charge on any atom is -0.489 e. The zero-order valence-corrected chi connectivity index (χ0v) is 13.6. The molecule has 1 saturated heterocycles. The van der Waals surface area contributed by atoms with Gasteiger partial charge in [-0.3, -0.25) is 9.69 Å². The smallest absolute Gasteiger partial charge is 0.221 e. The second kappa shape index (κ2) is 6.20. The predicted molar refractivity (Wildman–Crippen MR) is 86.3 cm³/mol. The van der Waals surface area contributed by atoms with E-state index in [4.69, 9.17) is 4.74 Å². The third kappa shape index (κ3) is 3.47. The number of ether oxygens (including phenoxy) is 1. The lowest BCUT2D eigenvalue weighted by Gasteiger charge is -2.28. The van der Waals surface area contributed by atoms with Crippen LogP contribution >= 0.6 is 15.9 Å². The molecule has 0 saturated carbocycles. The van der Waals surface area contributed by atoms with Crippen molar-refractivity contribution in [2.24, 2.45) is 0 Å². The Morgan fingerprint density at radius 3 is 3.19 bits per heavy atom. The van der Waals surface area contributed by atoms with Crippen molar-refractivity contribution in [3.8, 4) is 5.75 Å². The number of hydrogen-bond acceptors (Lipinski definition) is 3. The van der Waals surface area contributed by atoms with Gasteiger partial charge >= 0.3 is 0 Å². The minimum atomic E-state index is 0.146. The van der Waals surface area contributed by atoms with Gasteiger partial charge in [0.15, 0.2) is 0 Å². The van der Waals surface area contributed by atoms with Crippen LogP contribution in [0.2, 0.25) is 0 Å². The van der Waals surface area contributed by atoms with Crippen molar-refractivity contribution in [1.82, 2.24) is 10.2 Å². The van der Waals surface area contributed by atoms with Crippen LogP contribution in [-0.2, 0) is 4.79 Å². The molecule has 1 atom stereocenters. The number of hydrogen-bond donors (Lipinski definition) is 1. The van der Waals surface area contributed by atoms with Crippen molar-refractivity contribution in [2.45, 2.75) is 19.4 Å². The molecule has 0 aromatic heterocycles. The Kier molecular flexibility index (Phi) is 4.31. The standard InChI is InChI=1S/C16H19BrN2O2/c1-11-6-16(20)18-4-5-19(11)9-12-7-13-8-14(17)2-3-15(13)21-10-12/h2-3,7-8,11H,4-6,9-10H2,1H3,(H,18,20). The fourth-order valence-electron chi connectivity index (χ4n) is 2.81. The van der Waals surface area contributed by atoms with E-state index >= 15 is 0 Å². The van der Waals surface area contributed by atoms with Crippen LogP contribution in [-0.4, -0.2) is 43.1 Å². The molecule has 1 aromatic rings. The zero-order valence-electron chi connectivity index (χ0n) is 12.1. The SMILES string of the molecule is CC1CC(=O)NCCN1CC1=Cc2cc(Br)ccc2OC1. The normalized spacial score (nSPS) is 22.7. The molecule has 2 aliphatic heterocycles. The zero-order chi connectivity index (χ0) is 14.8. The molecule has 1 unspecified atom stereocenters. The van der Waals surface area contributed by atoms with Crippen molar-refractivity contribution < 1.29 is 9.53 Å². The van der Waals surface area contributed by atoms with Crippen LogP contribution in [0.5, 0.6) is 5.75 Å². The lowest BCUT2D eigenvalue weighted by molar-refractivity contribution is -0.121. The summed E-state index contributed by atoms with van der Waals surface area (Å²) in [5.74, 6) is 1.08. The number of nitrogens with one attached hydrogen (secondary N) is 1. The van der Waals surface area contributed by atoms with Crippen LogP contribution in [0.1, 0.15) is 18.9 Å². The maximum absolute atomic E-state index is 11.6. The van der Waals surface area contributed by atoms with Gasteiger partial charge in [-0.05, 0) is 36.8 Å². The molecule has 3 rings (SSSR count). The van der Waals surface area contributed by atoms with E-state index in [9.17, 15) is 4.79 Å². The highest BCUT2D eigenvalue weighted by Gasteiger charge is 2.22. The first-order valence-corrected chi connectivity index (χ1v) is 8.03.